The first kappa shape index (κ1) is 15.3. The van der Waals surface area contributed by atoms with E-state index >= 15 is 0 Å². The summed E-state index contributed by atoms with van der Waals surface area (Å²) in [6.07, 6.45) is 1.77. The molecule has 1 aromatic carbocycles. The van der Waals surface area contributed by atoms with Gasteiger partial charge in [0.15, 0.2) is 5.11 Å². The predicted molar refractivity (Wildman–Crippen MR) is 89.6 cm³/mol. The van der Waals surface area contributed by atoms with Gasteiger partial charge in [0.05, 0.1) is 18.3 Å². The van der Waals surface area contributed by atoms with Crippen LogP contribution < -0.4 is 15.4 Å². The van der Waals surface area contributed by atoms with Crippen molar-refractivity contribution in [2.75, 3.05) is 11.9 Å². The van der Waals surface area contributed by atoms with E-state index in [1.807, 2.05) is 56.3 Å². The van der Waals surface area contributed by atoms with Gasteiger partial charge in [0.2, 0.25) is 0 Å². The first-order valence-corrected chi connectivity index (χ1v) is 7.31. The van der Waals surface area contributed by atoms with Crippen molar-refractivity contribution in [1.82, 2.24) is 10.3 Å². The highest BCUT2D eigenvalue weighted by Crippen LogP contribution is 2.16. The van der Waals surface area contributed by atoms with Gasteiger partial charge in [0.1, 0.15) is 5.75 Å². The second-order valence-electron chi connectivity index (χ2n) is 4.53. The quantitative estimate of drug-likeness (QED) is 0.827. The van der Waals surface area contributed by atoms with Crippen LogP contribution in [0.1, 0.15) is 25.6 Å². The van der Waals surface area contributed by atoms with Crippen molar-refractivity contribution in [3.8, 4) is 5.75 Å². The van der Waals surface area contributed by atoms with Crippen molar-refractivity contribution >= 4 is 23.0 Å². The van der Waals surface area contributed by atoms with Crippen molar-refractivity contribution in [3.63, 3.8) is 0 Å². The first-order valence-electron chi connectivity index (χ1n) is 6.90. The molecule has 2 aromatic rings. The Morgan fingerprint density at radius 1 is 1.24 bits per heavy atom. The van der Waals surface area contributed by atoms with E-state index in [1.165, 1.54) is 0 Å². The lowest BCUT2D eigenvalue weighted by Gasteiger charge is -2.16. The summed E-state index contributed by atoms with van der Waals surface area (Å²) >= 11 is 5.32. The highest BCUT2D eigenvalue weighted by atomic mass is 32.1. The van der Waals surface area contributed by atoms with Crippen LogP contribution in [0.3, 0.4) is 0 Å². The number of nitrogens with zero attached hydrogens (tertiary/aromatic N) is 1. The maximum absolute atomic E-state index is 5.40. The minimum Gasteiger partial charge on any atom is -0.494 e. The molecule has 0 aliphatic carbocycles. The summed E-state index contributed by atoms with van der Waals surface area (Å²) in [6, 6.07) is 13.6. The summed E-state index contributed by atoms with van der Waals surface area (Å²) < 4.78 is 5.40. The molecule has 2 N–H and O–H groups in total. The lowest BCUT2D eigenvalue weighted by atomic mass is 10.2. The molecule has 0 unspecified atom stereocenters. The molecule has 0 amide bonds. The molecule has 1 atom stereocenters. The van der Waals surface area contributed by atoms with Crippen LogP contribution in [0.2, 0.25) is 0 Å². The Balaban J connectivity index is 1.89. The Morgan fingerprint density at radius 3 is 2.62 bits per heavy atom. The van der Waals surface area contributed by atoms with Crippen LogP contribution in [0, 0.1) is 0 Å². The van der Waals surface area contributed by atoms with E-state index in [0.717, 1.165) is 17.1 Å². The number of thiocarbonyl (C=S) groups is 1. The number of hydrogen-bond acceptors (Lipinski definition) is 3. The molecule has 0 saturated heterocycles. The molecule has 0 aliphatic heterocycles. The number of anilines is 1. The molecule has 0 saturated carbocycles. The average Bonchev–Trinajstić information content (AvgIpc) is 2.50. The summed E-state index contributed by atoms with van der Waals surface area (Å²) in [5.41, 5.74) is 1.87. The van der Waals surface area contributed by atoms with Crippen LogP contribution >= 0.6 is 12.2 Å². The Hall–Kier alpha value is -2.14. The minimum absolute atomic E-state index is 0.0499. The molecule has 1 aromatic heterocycles. The summed E-state index contributed by atoms with van der Waals surface area (Å²) in [6.45, 7) is 4.65. The van der Waals surface area contributed by atoms with Gasteiger partial charge in [-0.25, -0.2) is 0 Å². The van der Waals surface area contributed by atoms with Gasteiger partial charge in [-0.05, 0) is 62.5 Å². The number of aromatic nitrogens is 1. The predicted octanol–water partition coefficient (Wildman–Crippen LogP) is 3.53. The lowest BCUT2D eigenvalue weighted by molar-refractivity contribution is 0.340. The Kier molecular flexibility index (Phi) is 5.51. The van der Waals surface area contributed by atoms with Crippen molar-refractivity contribution in [3.05, 3.63) is 54.4 Å². The third-order valence-corrected chi connectivity index (χ3v) is 3.12. The third kappa shape index (κ3) is 4.72. The number of hydrogen-bond donors (Lipinski definition) is 2. The number of benzene rings is 1. The Morgan fingerprint density at radius 2 is 2.00 bits per heavy atom. The average molecular weight is 301 g/mol. The van der Waals surface area contributed by atoms with E-state index in [4.69, 9.17) is 17.0 Å². The highest BCUT2D eigenvalue weighted by molar-refractivity contribution is 7.80. The van der Waals surface area contributed by atoms with Crippen LogP contribution in [0.4, 0.5) is 5.69 Å². The fourth-order valence-electron chi connectivity index (χ4n) is 1.87. The zero-order valence-corrected chi connectivity index (χ0v) is 13.0. The molecule has 0 radical (unpaired) electrons. The third-order valence-electron chi connectivity index (χ3n) is 2.90. The van der Waals surface area contributed by atoms with Gasteiger partial charge in [-0.2, -0.15) is 0 Å². The summed E-state index contributed by atoms with van der Waals surface area (Å²) in [7, 11) is 0. The molecule has 0 fully saturated rings. The molecule has 1 heterocycles. The van der Waals surface area contributed by atoms with Crippen LogP contribution in [0.5, 0.6) is 5.75 Å². The first-order chi connectivity index (χ1) is 10.2. The molecule has 4 nitrogen and oxygen atoms in total. The van der Waals surface area contributed by atoms with Gasteiger partial charge in [-0.1, -0.05) is 6.07 Å². The molecule has 110 valence electrons. The normalized spacial score (nSPS) is 11.5. The van der Waals surface area contributed by atoms with E-state index in [1.54, 1.807) is 6.20 Å². The number of rotatable bonds is 5. The van der Waals surface area contributed by atoms with E-state index in [-0.39, 0.29) is 6.04 Å². The molecular formula is C16H19N3OS. The molecule has 0 spiro atoms. The van der Waals surface area contributed by atoms with E-state index in [0.29, 0.717) is 11.7 Å². The molecule has 2 rings (SSSR count). The van der Waals surface area contributed by atoms with Crippen LogP contribution in [0.15, 0.2) is 48.7 Å². The van der Waals surface area contributed by atoms with Crippen LogP contribution in [-0.4, -0.2) is 16.7 Å². The monoisotopic (exact) mass is 301 g/mol. The molecule has 21 heavy (non-hydrogen) atoms. The number of pyridine rings is 1. The van der Waals surface area contributed by atoms with E-state index < -0.39 is 0 Å². The van der Waals surface area contributed by atoms with E-state index in [2.05, 4.69) is 15.6 Å². The zero-order chi connectivity index (χ0) is 15.1. The zero-order valence-electron chi connectivity index (χ0n) is 12.2. The van der Waals surface area contributed by atoms with Gasteiger partial charge in [-0.3, -0.25) is 4.98 Å². The summed E-state index contributed by atoms with van der Waals surface area (Å²) in [5.74, 6) is 0.851. The van der Waals surface area contributed by atoms with Gasteiger partial charge in [-0.15, -0.1) is 0 Å². The van der Waals surface area contributed by atoms with Crippen LogP contribution in [-0.2, 0) is 0 Å². The van der Waals surface area contributed by atoms with Crippen molar-refractivity contribution in [2.45, 2.75) is 19.9 Å². The standard InChI is InChI=1S/C16H19N3OS/c1-3-20-14-9-7-13(8-10-14)19-16(21)18-12(2)15-6-4-5-11-17-15/h4-12H,3H2,1-2H3,(H2,18,19,21)/t12-/m1/s1. The number of ether oxygens (including phenoxy) is 1. The van der Waals surface area contributed by atoms with Crippen molar-refractivity contribution in [1.29, 1.82) is 0 Å². The van der Waals surface area contributed by atoms with Crippen molar-refractivity contribution < 1.29 is 4.74 Å². The maximum atomic E-state index is 5.40. The topological polar surface area (TPSA) is 46.2 Å². The smallest absolute Gasteiger partial charge is 0.171 e. The maximum Gasteiger partial charge on any atom is 0.171 e. The Bertz CT molecular complexity index is 572. The van der Waals surface area contributed by atoms with Crippen LogP contribution in [0.25, 0.3) is 0 Å². The molecule has 5 heteroatoms. The lowest BCUT2D eigenvalue weighted by Crippen LogP contribution is -2.31. The summed E-state index contributed by atoms with van der Waals surface area (Å²) in [4.78, 5) is 4.30. The van der Waals surface area contributed by atoms with Crippen molar-refractivity contribution in [2.24, 2.45) is 0 Å². The fraction of sp³-hybridized carbons (Fsp3) is 0.250. The van der Waals surface area contributed by atoms with Gasteiger partial charge in [0.25, 0.3) is 0 Å². The highest BCUT2D eigenvalue weighted by Gasteiger charge is 2.07. The molecular weight excluding hydrogens is 282 g/mol. The SMILES string of the molecule is CCOc1ccc(NC(=S)N[C@H](C)c2ccccn2)cc1. The second-order valence-corrected chi connectivity index (χ2v) is 4.94. The Labute approximate surface area is 130 Å². The fourth-order valence-corrected chi connectivity index (χ4v) is 2.17. The number of nitrogens with one attached hydrogen (secondary N) is 2. The minimum atomic E-state index is 0.0499. The van der Waals surface area contributed by atoms with Gasteiger partial charge in [0, 0.05) is 11.9 Å². The van der Waals surface area contributed by atoms with Gasteiger partial charge < -0.3 is 15.4 Å². The van der Waals surface area contributed by atoms with Gasteiger partial charge >= 0.3 is 0 Å². The van der Waals surface area contributed by atoms with E-state index in [9.17, 15) is 0 Å². The largest absolute Gasteiger partial charge is 0.494 e. The molecule has 0 bridgehead atoms. The second kappa shape index (κ2) is 7.59. The summed E-state index contributed by atoms with van der Waals surface area (Å²) in [5, 5.41) is 6.93. The molecule has 0 aliphatic rings.